The number of rotatable bonds is 5. The average Bonchev–Trinajstić information content (AvgIpc) is 3.53. The molecule has 0 bridgehead atoms. The van der Waals surface area contributed by atoms with Gasteiger partial charge >= 0.3 is 5.97 Å². The van der Waals surface area contributed by atoms with Crippen molar-refractivity contribution >= 4 is 40.0 Å². The normalized spacial score (nSPS) is 11.2. The van der Waals surface area contributed by atoms with Crippen LogP contribution < -0.4 is 0 Å². The van der Waals surface area contributed by atoms with Crippen LogP contribution in [-0.2, 0) is 11.3 Å². The minimum absolute atomic E-state index is 0.161. The van der Waals surface area contributed by atoms with Crippen molar-refractivity contribution in [1.29, 1.82) is 0 Å². The quantitative estimate of drug-likeness (QED) is 0.330. The first-order chi connectivity index (χ1) is 15.1. The van der Waals surface area contributed by atoms with Crippen LogP contribution in [-0.4, -0.2) is 26.3 Å². The zero-order valence-electron chi connectivity index (χ0n) is 16.0. The molecule has 0 saturated heterocycles. The lowest BCUT2D eigenvalue weighted by atomic mass is 10.1. The van der Waals surface area contributed by atoms with Gasteiger partial charge in [-0.25, -0.2) is 9.78 Å². The fraction of sp³-hybridized carbons (Fsp3) is 0.0952. The molecule has 31 heavy (non-hydrogen) atoms. The number of aromatic nitrogens is 4. The van der Waals surface area contributed by atoms with E-state index in [-0.39, 0.29) is 18.2 Å². The highest BCUT2D eigenvalue weighted by atomic mass is 35.5. The van der Waals surface area contributed by atoms with Gasteiger partial charge in [0.25, 0.3) is 11.6 Å². The molecule has 5 rings (SSSR count). The van der Waals surface area contributed by atoms with Gasteiger partial charge in [-0.15, -0.1) is 11.3 Å². The van der Waals surface area contributed by atoms with Crippen molar-refractivity contribution in [2.24, 2.45) is 0 Å². The van der Waals surface area contributed by atoms with Gasteiger partial charge in [0, 0.05) is 10.6 Å². The van der Waals surface area contributed by atoms with E-state index in [0.29, 0.717) is 38.7 Å². The van der Waals surface area contributed by atoms with Gasteiger partial charge in [-0.05, 0) is 36.6 Å². The molecule has 0 aliphatic carbocycles. The number of esters is 1. The first-order valence-corrected chi connectivity index (χ1v) is 10.4. The standard InChI is InChI=1S/C21H13ClN4O4S/c1-11-18-14(9-15(16-6-3-7-31-16)23-20(18)30-25-11)21(27)28-10-17-24-19(26-29-17)12-4-2-5-13(22)8-12/h2-9H,10H2,1H3. The zero-order valence-corrected chi connectivity index (χ0v) is 17.6. The van der Waals surface area contributed by atoms with Crippen LogP contribution in [0.1, 0.15) is 21.9 Å². The van der Waals surface area contributed by atoms with Gasteiger partial charge in [0.15, 0.2) is 6.61 Å². The van der Waals surface area contributed by atoms with Crippen LogP contribution >= 0.6 is 22.9 Å². The number of hydrogen-bond donors (Lipinski definition) is 0. The molecule has 0 saturated carbocycles. The number of pyridine rings is 1. The summed E-state index contributed by atoms with van der Waals surface area (Å²) in [5.41, 5.74) is 2.43. The Morgan fingerprint density at radius 2 is 2.03 bits per heavy atom. The molecule has 4 heterocycles. The fourth-order valence-corrected chi connectivity index (χ4v) is 3.95. The van der Waals surface area contributed by atoms with E-state index in [1.807, 2.05) is 17.5 Å². The zero-order chi connectivity index (χ0) is 21.4. The highest BCUT2D eigenvalue weighted by Crippen LogP contribution is 2.30. The third-order valence-electron chi connectivity index (χ3n) is 4.49. The number of carbonyl (C=O) groups is 1. The maximum absolute atomic E-state index is 12.9. The lowest BCUT2D eigenvalue weighted by Gasteiger charge is -2.05. The minimum Gasteiger partial charge on any atom is -0.452 e. The van der Waals surface area contributed by atoms with E-state index in [2.05, 4.69) is 20.3 Å². The topological polar surface area (TPSA) is 104 Å². The Labute approximate surface area is 184 Å². The van der Waals surface area contributed by atoms with Crippen molar-refractivity contribution in [2.45, 2.75) is 13.5 Å². The summed E-state index contributed by atoms with van der Waals surface area (Å²) in [6.07, 6.45) is 0. The van der Waals surface area contributed by atoms with Crippen molar-refractivity contribution < 1.29 is 18.6 Å². The number of aryl methyl sites for hydroxylation is 1. The van der Waals surface area contributed by atoms with E-state index in [1.54, 1.807) is 37.3 Å². The Bertz CT molecular complexity index is 1390. The van der Waals surface area contributed by atoms with Crippen molar-refractivity contribution in [2.75, 3.05) is 0 Å². The third kappa shape index (κ3) is 3.80. The average molecular weight is 453 g/mol. The molecule has 0 amide bonds. The van der Waals surface area contributed by atoms with Crippen LogP contribution in [0, 0.1) is 6.92 Å². The largest absolute Gasteiger partial charge is 0.452 e. The monoisotopic (exact) mass is 452 g/mol. The number of hydrogen-bond acceptors (Lipinski definition) is 9. The first-order valence-electron chi connectivity index (χ1n) is 9.15. The Morgan fingerprint density at radius 3 is 2.84 bits per heavy atom. The van der Waals surface area contributed by atoms with Crippen LogP contribution in [0.15, 0.2) is 56.9 Å². The van der Waals surface area contributed by atoms with E-state index in [0.717, 1.165) is 4.88 Å². The molecule has 0 aliphatic rings. The Kier molecular flexibility index (Phi) is 4.97. The number of thiophene rings is 1. The molecule has 0 aliphatic heterocycles. The maximum atomic E-state index is 12.9. The fourth-order valence-electron chi connectivity index (χ4n) is 3.07. The number of halogens is 1. The smallest absolute Gasteiger partial charge is 0.339 e. The number of nitrogens with zero attached hydrogens (tertiary/aromatic N) is 4. The van der Waals surface area contributed by atoms with Crippen molar-refractivity contribution in [3.05, 3.63) is 70.0 Å². The van der Waals surface area contributed by atoms with Gasteiger partial charge in [-0.1, -0.05) is 40.1 Å². The maximum Gasteiger partial charge on any atom is 0.339 e. The van der Waals surface area contributed by atoms with E-state index < -0.39 is 5.97 Å². The van der Waals surface area contributed by atoms with E-state index in [1.165, 1.54) is 11.3 Å². The molecule has 4 aromatic heterocycles. The Morgan fingerprint density at radius 1 is 1.13 bits per heavy atom. The molecule has 8 nitrogen and oxygen atoms in total. The summed E-state index contributed by atoms with van der Waals surface area (Å²) in [4.78, 5) is 22.5. The van der Waals surface area contributed by atoms with Gasteiger partial charge in [0.2, 0.25) is 5.82 Å². The first kappa shape index (κ1) is 19.4. The van der Waals surface area contributed by atoms with Crippen molar-refractivity contribution in [3.8, 4) is 22.0 Å². The summed E-state index contributed by atoms with van der Waals surface area (Å²) in [6.45, 7) is 1.55. The summed E-state index contributed by atoms with van der Waals surface area (Å²) >= 11 is 7.50. The molecular formula is C21H13ClN4O4S. The lowest BCUT2D eigenvalue weighted by molar-refractivity contribution is 0.0432. The molecule has 10 heteroatoms. The van der Waals surface area contributed by atoms with Crippen LogP contribution in [0.2, 0.25) is 5.02 Å². The van der Waals surface area contributed by atoms with Gasteiger partial charge < -0.3 is 13.8 Å². The van der Waals surface area contributed by atoms with Crippen LogP contribution in [0.5, 0.6) is 0 Å². The number of benzene rings is 1. The lowest BCUT2D eigenvalue weighted by Crippen LogP contribution is -2.07. The molecule has 0 spiro atoms. The van der Waals surface area contributed by atoms with E-state index in [4.69, 9.17) is 25.4 Å². The predicted molar refractivity (Wildman–Crippen MR) is 114 cm³/mol. The highest BCUT2D eigenvalue weighted by molar-refractivity contribution is 7.13. The second-order valence-electron chi connectivity index (χ2n) is 6.58. The second-order valence-corrected chi connectivity index (χ2v) is 7.96. The molecule has 0 atom stereocenters. The molecule has 0 radical (unpaired) electrons. The van der Waals surface area contributed by atoms with Crippen molar-refractivity contribution in [1.82, 2.24) is 20.3 Å². The molecule has 0 fully saturated rings. The molecule has 0 N–H and O–H groups in total. The van der Waals surface area contributed by atoms with Crippen molar-refractivity contribution in [3.63, 3.8) is 0 Å². The molecule has 154 valence electrons. The number of carbonyl (C=O) groups excluding carboxylic acids is 1. The summed E-state index contributed by atoms with van der Waals surface area (Å²) in [6, 6.07) is 12.6. The van der Waals surface area contributed by atoms with Crippen LogP contribution in [0.4, 0.5) is 0 Å². The third-order valence-corrected chi connectivity index (χ3v) is 5.62. The van der Waals surface area contributed by atoms with Gasteiger partial charge in [0.05, 0.1) is 27.2 Å². The van der Waals surface area contributed by atoms with E-state index >= 15 is 0 Å². The van der Waals surface area contributed by atoms with Crippen LogP contribution in [0.25, 0.3) is 33.1 Å². The molecule has 1 aromatic carbocycles. The predicted octanol–water partition coefficient (Wildman–Crippen LogP) is 5.32. The van der Waals surface area contributed by atoms with Gasteiger partial charge in [-0.2, -0.15) is 4.98 Å². The highest BCUT2D eigenvalue weighted by Gasteiger charge is 2.21. The Hall–Kier alpha value is -3.56. The SMILES string of the molecule is Cc1noc2nc(-c3cccs3)cc(C(=O)OCc3nc(-c4cccc(Cl)c4)no3)c12. The van der Waals surface area contributed by atoms with Gasteiger partial charge in [0.1, 0.15) is 0 Å². The number of ether oxygens (including phenoxy) is 1. The molecule has 5 aromatic rings. The number of fused-ring (bicyclic) bond motifs is 1. The van der Waals surface area contributed by atoms with Crippen LogP contribution in [0.3, 0.4) is 0 Å². The summed E-state index contributed by atoms with van der Waals surface area (Å²) in [5, 5.41) is 10.8. The van der Waals surface area contributed by atoms with E-state index in [9.17, 15) is 4.79 Å². The minimum atomic E-state index is -0.570. The van der Waals surface area contributed by atoms with Gasteiger partial charge in [-0.3, -0.25) is 0 Å². The summed E-state index contributed by atoms with van der Waals surface area (Å²) in [5.74, 6) is -0.0529. The molecule has 0 unspecified atom stereocenters. The Balaban J connectivity index is 1.40. The summed E-state index contributed by atoms with van der Waals surface area (Å²) < 4.78 is 15.9. The second kappa shape index (κ2) is 7.93. The summed E-state index contributed by atoms with van der Waals surface area (Å²) in [7, 11) is 0. The molecular weight excluding hydrogens is 440 g/mol.